The number of hydrogen-bond acceptors (Lipinski definition) is 2. The molecule has 5 heteroatoms. The molecule has 0 atom stereocenters. The van der Waals surface area contributed by atoms with Gasteiger partial charge in [-0.1, -0.05) is 37.8 Å². The third-order valence-electron chi connectivity index (χ3n) is 4.53. The van der Waals surface area contributed by atoms with E-state index in [1.54, 1.807) is 12.1 Å². The van der Waals surface area contributed by atoms with Crippen LogP contribution in [0, 0.1) is 5.92 Å². The predicted molar refractivity (Wildman–Crippen MR) is 99.0 cm³/mol. The average molecular weight is 330 g/mol. The maximum atomic E-state index is 11.2. The molecule has 0 aliphatic heterocycles. The molecular formula is C19H30N4O. The number of aliphatic imine (C=N–C) groups is 1. The average Bonchev–Trinajstić information content (AvgIpc) is 3.10. The quantitative estimate of drug-likeness (QED) is 0.389. The molecule has 1 aliphatic rings. The second-order valence-corrected chi connectivity index (χ2v) is 6.48. The van der Waals surface area contributed by atoms with Gasteiger partial charge < -0.3 is 16.4 Å². The van der Waals surface area contributed by atoms with Crippen molar-refractivity contribution in [2.45, 2.75) is 52.0 Å². The summed E-state index contributed by atoms with van der Waals surface area (Å²) < 4.78 is 0. The van der Waals surface area contributed by atoms with E-state index in [1.165, 1.54) is 38.5 Å². The van der Waals surface area contributed by atoms with Crippen LogP contribution in [0.2, 0.25) is 0 Å². The van der Waals surface area contributed by atoms with Gasteiger partial charge >= 0.3 is 0 Å². The van der Waals surface area contributed by atoms with E-state index in [-0.39, 0.29) is 0 Å². The van der Waals surface area contributed by atoms with Crippen molar-refractivity contribution in [3.05, 3.63) is 35.4 Å². The molecule has 0 saturated heterocycles. The molecule has 1 aromatic rings. The van der Waals surface area contributed by atoms with E-state index in [1.807, 2.05) is 12.1 Å². The maximum Gasteiger partial charge on any atom is 0.248 e. The molecule has 1 amide bonds. The van der Waals surface area contributed by atoms with Crippen LogP contribution in [-0.2, 0) is 6.54 Å². The molecule has 24 heavy (non-hydrogen) atoms. The van der Waals surface area contributed by atoms with E-state index in [9.17, 15) is 4.79 Å². The van der Waals surface area contributed by atoms with Crippen LogP contribution < -0.4 is 16.4 Å². The summed E-state index contributed by atoms with van der Waals surface area (Å²) in [6.07, 6.45) is 8.13. The Morgan fingerprint density at radius 1 is 1.29 bits per heavy atom. The fraction of sp³-hybridized carbons (Fsp3) is 0.579. The van der Waals surface area contributed by atoms with Gasteiger partial charge in [-0.2, -0.15) is 0 Å². The Bertz CT molecular complexity index is 550. The van der Waals surface area contributed by atoms with E-state index in [2.05, 4.69) is 22.5 Å². The minimum Gasteiger partial charge on any atom is -0.366 e. The topological polar surface area (TPSA) is 79.5 Å². The third kappa shape index (κ3) is 6.22. The highest BCUT2D eigenvalue weighted by atomic mass is 16.1. The van der Waals surface area contributed by atoms with Gasteiger partial charge in [-0.05, 0) is 43.4 Å². The first-order valence-electron chi connectivity index (χ1n) is 9.10. The minimum atomic E-state index is -0.405. The number of amides is 1. The molecule has 0 heterocycles. The lowest BCUT2D eigenvalue weighted by molar-refractivity contribution is 0.1000. The second-order valence-electron chi connectivity index (χ2n) is 6.48. The Hall–Kier alpha value is -2.04. The van der Waals surface area contributed by atoms with E-state index in [0.29, 0.717) is 12.1 Å². The molecule has 1 aliphatic carbocycles. The van der Waals surface area contributed by atoms with Crippen LogP contribution in [-0.4, -0.2) is 25.0 Å². The van der Waals surface area contributed by atoms with Crippen LogP contribution in [0.4, 0.5) is 0 Å². The van der Waals surface area contributed by atoms with Crippen LogP contribution in [0.5, 0.6) is 0 Å². The predicted octanol–water partition coefficient (Wildman–Crippen LogP) is 2.81. The van der Waals surface area contributed by atoms with Gasteiger partial charge in [-0.15, -0.1) is 0 Å². The fourth-order valence-electron chi connectivity index (χ4n) is 3.23. The standard InChI is InChI=1S/C19H30N4O/c1-2-21-19(22-12-6-10-15-7-3-4-8-15)23-14-16-9-5-11-17(13-16)18(20)24/h5,9,11,13,15H,2-4,6-8,10,12,14H2,1H3,(H2,20,24)(H2,21,22,23). The summed E-state index contributed by atoms with van der Waals surface area (Å²) in [6.45, 7) is 4.36. The number of benzene rings is 1. The molecule has 4 N–H and O–H groups in total. The summed E-state index contributed by atoms with van der Waals surface area (Å²) in [7, 11) is 0. The van der Waals surface area contributed by atoms with Crippen molar-refractivity contribution in [2.75, 3.05) is 13.1 Å². The summed E-state index contributed by atoms with van der Waals surface area (Å²) in [5.41, 5.74) is 6.83. The molecule has 0 unspecified atom stereocenters. The van der Waals surface area contributed by atoms with E-state index in [4.69, 9.17) is 5.73 Å². The number of carbonyl (C=O) groups is 1. The van der Waals surface area contributed by atoms with E-state index < -0.39 is 5.91 Å². The van der Waals surface area contributed by atoms with Crippen molar-refractivity contribution >= 4 is 11.9 Å². The number of nitrogens with one attached hydrogen (secondary N) is 2. The Labute approximate surface area is 145 Å². The highest BCUT2D eigenvalue weighted by Gasteiger charge is 2.13. The molecule has 0 spiro atoms. The molecule has 5 nitrogen and oxygen atoms in total. The zero-order chi connectivity index (χ0) is 17.2. The van der Waals surface area contributed by atoms with Gasteiger partial charge in [0.15, 0.2) is 5.96 Å². The molecule has 1 fully saturated rings. The lowest BCUT2D eigenvalue weighted by Gasteiger charge is -2.13. The molecule has 132 valence electrons. The van der Waals surface area contributed by atoms with Gasteiger partial charge in [0.05, 0.1) is 6.54 Å². The first-order chi connectivity index (χ1) is 11.7. The smallest absolute Gasteiger partial charge is 0.248 e. The number of nitrogens with two attached hydrogens (primary N) is 1. The minimum absolute atomic E-state index is 0.405. The number of nitrogens with zero attached hydrogens (tertiary/aromatic N) is 1. The molecule has 2 rings (SSSR count). The Morgan fingerprint density at radius 2 is 2.08 bits per heavy atom. The van der Waals surface area contributed by atoms with Crippen LogP contribution in [0.1, 0.15) is 61.4 Å². The largest absolute Gasteiger partial charge is 0.366 e. The number of carbonyl (C=O) groups excluding carboxylic acids is 1. The third-order valence-corrected chi connectivity index (χ3v) is 4.53. The van der Waals surface area contributed by atoms with Gasteiger partial charge in [0.1, 0.15) is 0 Å². The SMILES string of the molecule is CCNC(=NCc1cccc(C(N)=O)c1)NCCCC1CCCC1. The highest BCUT2D eigenvalue weighted by Crippen LogP contribution is 2.28. The number of rotatable bonds is 8. The zero-order valence-corrected chi connectivity index (χ0v) is 14.7. The van der Waals surface area contributed by atoms with Crippen molar-refractivity contribution in [3.8, 4) is 0 Å². The van der Waals surface area contributed by atoms with Gasteiger partial charge in [0, 0.05) is 18.7 Å². The van der Waals surface area contributed by atoms with Crippen LogP contribution in [0.25, 0.3) is 0 Å². The lowest BCUT2D eigenvalue weighted by Crippen LogP contribution is -2.37. The maximum absolute atomic E-state index is 11.2. The van der Waals surface area contributed by atoms with Crippen molar-refractivity contribution in [3.63, 3.8) is 0 Å². The van der Waals surface area contributed by atoms with Gasteiger partial charge in [0.2, 0.25) is 5.91 Å². The first-order valence-corrected chi connectivity index (χ1v) is 9.10. The van der Waals surface area contributed by atoms with Gasteiger partial charge in [-0.3, -0.25) is 4.79 Å². The van der Waals surface area contributed by atoms with Crippen molar-refractivity contribution in [2.24, 2.45) is 16.6 Å². The van der Waals surface area contributed by atoms with Gasteiger partial charge in [-0.25, -0.2) is 4.99 Å². The summed E-state index contributed by atoms with van der Waals surface area (Å²) in [5, 5.41) is 6.67. The van der Waals surface area contributed by atoms with E-state index >= 15 is 0 Å². The molecular weight excluding hydrogens is 300 g/mol. The summed E-state index contributed by atoms with van der Waals surface area (Å²) in [6, 6.07) is 7.32. The summed E-state index contributed by atoms with van der Waals surface area (Å²) in [4.78, 5) is 15.8. The zero-order valence-electron chi connectivity index (χ0n) is 14.7. The molecule has 0 radical (unpaired) electrons. The number of primary amides is 1. The van der Waals surface area contributed by atoms with Crippen molar-refractivity contribution < 1.29 is 4.79 Å². The second kappa shape index (κ2) is 9.96. The number of guanidine groups is 1. The fourth-order valence-corrected chi connectivity index (χ4v) is 3.23. The summed E-state index contributed by atoms with van der Waals surface area (Å²) >= 11 is 0. The monoisotopic (exact) mass is 330 g/mol. The Kier molecular flexibility index (Phi) is 7.59. The first kappa shape index (κ1) is 18.3. The Morgan fingerprint density at radius 3 is 2.79 bits per heavy atom. The molecule has 1 saturated carbocycles. The van der Waals surface area contributed by atoms with Crippen LogP contribution in [0.15, 0.2) is 29.3 Å². The van der Waals surface area contributed by atoms with E-state index in [0.717, 1.165) is 30.5 Å². The van der Waals surface area contributed by atoms with Crippen LogP contribution in [0.3, 0.4) is 0 Å². The molecule has 0 aromatic heterocycles. The van der Waals surface area contributed by atoms with Crippen molar-refractivity contribution in [1.29, 1.82) is 0 Å². The highest BCUT2D eigenvalue weighted by molar-refractivity contribution is 5.92. The number of hydrogen-bond donors (Lipinski definition) is 3. The van der Waals surface area contributed by atoms with Crippen LogP contribution >= 0.6 is 0 Å². The van der Waals surface area contributed by atoms with Crippen molar-refractivity contribution in [1.82, 2.24) is 10.6 Å². The molecule has 0 bridgehead atoms. The lowest BCUT2D eigenvalue weighted by atomic mass is 10.0. The van der Waals surface area contributed by atoms with Gasteiger partial charge in [0.25, 0.3) is 0 Å². The summed E-state index contributed by atoms with van der Waals surface area (Å²) in [5.74, 6) is 1.36. The Balaban J connectivity index is 1.80. The molecule has 1 aromatic carbocycles. The normalized spacial score (nSPS) is 15.5.